The van der Waals surface area contributed by atoms with Gasteiger partial charge in [0.05, 0.1) is 11.3 Å². The fraction of sp³-hybridized carbons (Fsp3) is 0.500. The molecule has 1 aromatic heterocycles. The summed E-state index contributed by atoms with van der Waals surface area (Å²) in [6.45, 7) is 4.16. The maximum atomic E-state index is 12.6. The van der Waals surface area contributed by atoms with Gasteiger partial charge in [0.25, 0.3) is 5.91 Å². The number of nitrogens with zero attached hydrogens (tertiary/aromatic N) is 1. The highest BCUT2D eigenvalue weighted by atomic mass is 16.5. The molecule has 1 heterocycles. The molecule has 0 aliphatic heterocycles. The van der Waals surface area contributed by atoms with Gasteiger partial charge in [-0.15, -0.1) is 0 Å². The van der Waals surface area contributed by atoms with Crippen LogP contribution in [0.15, 0.2) is 28.8 Å². The Labute approximate surface area is 147 Å². The number of carbonyl (C=O) groups excluding carboxylic acids is 1. The second-order valence-electron chi connectivity index (χ2n) is 7.29. The SMILES string of the molecule is Cc1noc(C)c1COc1cccc(C(=O)NC(C2CC2)C2CC2)c1. The highest BCUT2D eigenvalue weighted by molar-refractivity contribution is 5.94. The number of carbonyl (C=O) groups is 1. The summed E-state index contributed by atoms with van der Waals surface area (Å²) in [5.74, 6) is 2.84. The molecule has 1 N–H and O–H groups in total. The molecular weight excluding hydrogens is 316 g/mol. The van der Waals surface area contributed by atoms with Gasteiger partial charge in [-0.1, -0.05) is 11.2 Å². The van der Waals surface area contributed by atoms with Crippen LogP contribution in [0.4, 0.5) is 0 Å². The molecule has 5 nitrogen and oxygen atoms in total. The Morgan fingerprint density at radius 2 is 2.00 bits per heavy atom. The Hall–Kier alpha value is -2.30. The van der Waals surface area contributed by atoms with Crippen LogP contribution in [0.1, 0.15) is 53.1 Å². The average Bonchev–Trinajstić information content (AvgIpc) is 3.52. The molecule has 0 spiro atoms. The predicted octanol–water partition coefficient (Wildman–Crippen LogP) is 3.79. The van der Waals surface area contributed by atoms with E-state index in [1.165, 1.54) is 25.7 Å². The first-order chi connectivity index (χ1) is 12.1. The smallest absolute Gasteiger partial charge is 0.251 e. The van der Waals surface area contributed by atoms with E-state index in [0.29, 0.717) is 35.8 Å². The summed E-state index contributed by atoms with van der Waals surface area (Å²) < 4.78 is 11.0. The first kappa shape index (κ1) is 16.2. The van der Waals surface area contributed by atoms with Gasteiger partial charge >= 0.3 is 0 Å². The summed E-state index contributed by atoms with van der Waals surface area (Å²) in [6.07, 6.45) is 5.01. The highest BCUT2D eigenvalue weighted by Gasteiger charge is 2.42. The molecule has 2 aliphatic rings. The lowest BCUT2D eigenvalue weighted by atomic mass is 10.1. The van der Waals surface area contributed by atoms with Crippen molar-refractivity contribution in [2.24, 2.45) is 11.8 Å². The van der Waals surface area contributed by atoms with Crippen LogP contribution in [-0.2, 0) is 6.61 Å². The Bertz CT molecular complexity index is 743. The van der Waals surface area contributed by atoms with Crippen LogP contribution in [0.2, 0.25) is 0 Å². The minimum Gasteiger partial charge on any atom is -0.489 e. The highest BCUT2D eigenvalue weighted by Crippen LogP contribution is 2.44. The molecule has 0 atom stereocenters. The van der Waals surface area contributed by atoms with Crippen molar-refractivity contribution >= 4 is 5.91 Å². The van der Waals surface area contributed by atoms with E-state index in [1.54, 1.807) is 0 Å². The van der Waals surface area contributed by atoms with Crippen LogP contribution < -0.4 is 10.1 Å². The van der Waals surface area contributed by atoms with Crippen molar-refractivity contribution in [1.29, 1.82) is 0 Å². The molecular formula is C20H24N2O3. The summed E-state index contributed by atoms with van der Waals surface area (Å²) in [5.41, 5.74) is 2.45. The summed E-state index contributed by atoms with van der Waals surface area (Å²) in [5, 5.41) is 7.19. The number of hydrogen-bond donors (Lipinski definition) is 1. The Morgan fingerprint density at radius 3 is 2.60 bits per heavy atom. The zero-order chi connectivity index (χ0) is 17.4. The molecule has 5 heteroatoms. The summed E-state index contributed by atoms with van der Waals surface area (Å²) in [4.78, 5) is 12.6. The monoisotopic (exact) mass is 340 g/mol. The number of aromatic nitrogens is 1. The number of amides is 1. The van der Waals surface area contributed by atoms with E-state index in [0.717, 1.165) is 17.0 Å². The maximum absolute atomic E-state index is 12.6. The molecule has 2 aromatic rings. The first-order valence-electron chi connectivity index (χ1n) is 9.07. The van der Waals surface area contributed by atoms with Gasteiger partial charge in [0.1, 0.15) is 18.1 Å². The predicted molar refractivity (Wildman–Crippen MR) is 93.5 cm³/mol. The van der Waals surface area contributed by atoms with E-state index in [2.05, 4.69) is 10.5 Å². The van der Waals surface area contributed by atoms with Crippen molar-refractivity contribution in [1.82, 2.24) is 10.5 Å². The van der Waals surface area contributed by atoms with Crippen molar-refractivity contribution in [3.63, 3.8) is 0 Å². The minimum absolute atomic E-state index is 0.00610. The molecule has 0 bridgehead atoms. The van der Waals surface area contributed by atoms with Gasteiger partial charge in [-0.05, 0) is 69.6 Å². The van der Waals surface area contributed by atoms with Crippen LogP contribution in [0.5, 0.6) is 5.75 Å². The van der Waals surface area contributed by atoms with Gasteiger partial charge in [0, 0.05) is 11.6 Å². The Morgan fingerprint density at radius 1 is 1.28 bits per heavy atom. The minimum atomic E-state index is 0.00610. The third-order valence-electron chi connectivity index (χ3n) is 5.22. The van der Waals surface area contributed by atoms with Gasteiger partial charge in [0.2, 0.25) is 0 Å². The first-order valence-corrected chi connectivity index (χ1v) is 9.07. The molecule has 0 unspecified atom stereocenters. The van der Waals surface area contributed by atoms with Gasteiger partial charge in [-0.2, -0.15) is 0 Å². The van der Waals surface area contributed by atoms with E-state index in [-0.39, 0.29) is 5.91 Å². The van der Waals surface area contributed by atoms with Crippen LogP contribution in [0.3, 0.4) is 0 Å². The molecule has 0 radical (unpaired) electrons. The van der Waals surface area contributed by atoms with E-state index in [1.807, 2.05) is 38.1 Å². The zero-order valence-electron chi connectivity index (χ0n) is 14.7. The molecule has 132 valence electrons. The van der Waals surface area contributed by atoms with Gasteiger partial charge in [0.15, 0.2) is 0 Å². The summed E-state index contributed by atoms with van der Waals surface area (Å²) in [6, 6.07) is 7.74. The Balaban J connectivity index is 1.41. The summed E-state index contributed by atoms with van der Waals surface area (Å²) in [7, 11) is 0. The number of aryl methyl sites for hydroxylation is 2. The van der Waals surface area contributed by atoms with E-state index >= 15 is 0 Å². The van der Waals surface area contributed by atoms with Gasteiger partial charge in [-0.3, -0.25) is 4.79 Å². The van der Waals surface area contributed by atoms with Crippen LogP contribution in [0, 0.1) is 25.7 Å². The summed E-state index contributed by atoms with van der Waals surface area (Å²) >= 11 is 0. The number of hydrogen-bond acceptors (Lipinski definition) is 4. The number of ether oxygens (including phenoxy) is 1. The second-order valence-corrected chi connectivity index (χ2v) is 7.29. The van der Waals surface area contributed by atoms with Crippen molar-refractivity contribution in [2.75, 3.05) is 0 Å². The van der Waals surface area contributed by atoms with E-state index in [9.17, 15) is 4.79 Å². The molecule has 2 saturated carbocycles. The third kappa shape index (κ3) is 3.70. The average molecular weight is 340 g/mol. The fourth-order valence-electron chi connectivity index (χ4n) is 3.36. The molecule has 1 amide bonds. The number of nitrogens with one attached hydrogen (secondary N) is 1. The van der Waals surface area contributed by atoms with Crippen molar-refractivity contribution < 1.29 is 14.1 Å². The molecule has 2 fully saturated rings. The largest absolute Gasteiger partial charge is 0.489 e. The molecule has 2 aliphatic carbocycles. The molecule has 1 aromatic carbocycles. The topological polar surface area (TPSA) is 64.4 Å². The van der Waals surface area contributed by atoms with Crippen LogP contribution >= 0.6 is 0 Å². The fourth-order valence-corrected chi connectivity index (χ4v) is 3.36. The van der Waals surface area contributed by atoms with E-state index in [4.69, 9.17) is 9.26 Å². The molecule has 4 rings (SSSR count). The van der Waals surface area contributed by atoms with Gasteiger partial charge < -0.3 is 14.6 Å². The third-order valence-corrected chi connectivity index (χ3v) is 5.22. The standard InChI is InChI=1S/C20H24N2O3/c1-12-18(13(2)25-22-12)11-24-17-5-3-4-16(10-17)20(23)21-19(14-6-7-14)15-8-9-15/h3-5,10,14-15,19H,6-9,11H2,1-2H3,(H,21,23). The molecule has 0 saturated heterocycles. The van der Waals surface area contributed by atoms with Crippen LogP contribution in [0.25, 0.3) is 0 Å². The van der Waals surface area contributed by atoms with Gasteiger partial charge in [-0.25, -0.2) is 0 Å². The number of benzene rings is 1. The van der Waals surface area contributed by atoms with Crippen molar-refractivity contribution in [2.45, 2.75) is 52.2 Å². The second kappa shape index (κ2) is 6.54. The van der Waals surface area contributed by atoms with Crippen molar-refractivity contribution in [3.05, 3.63) is 46.8 Å². The quantitative estimate of drug-likeness (QED) is 0.833. The molecule has 25 heavy (non-hydrogen) atoms. The maximum Gasteiger partial charge on any atom is 0.251 e. The Kier molecular flexibility index (Phi) is 4.24. The number of rotatable bonds is 7. The van der Waals surface area contributed by atoms with Crippen molar-refractivity contribution in [3.8, 4) is 5.75 Å². The van der Waals surface area contributed by atoms with E-state index < -0.39 is 0 Å². The normalized spacial score (nSPS) is 16.9. The lowest BCUT2D eigenvalue weighted by Crippen LogP contribution is -2.38. The lowest BCUT2D eigenvalue weighted by molar-refractivity contribution is 0.0926. The lowest BCUT2D eigenvalue weighted by Gasteiger charge is -2.18. The zero-order valence-corrected chi connectivity index (χ0v) is 14.7. The van der Waals surface area contributed by atoms with Crippen LogP contribution in [-0.4, -0.2) is 17.1 Å².